The summed E-state index contributed by atoms with van der Waals surface area (Å²) < 4.78 is 0. The Labute approximate surface area is 150 Å². The van der Waals surface area contributed by atoms with Crippen LogP contribution >= 0.6 is 0 Å². The predicted molar refractivity (Wildman–Crippen MR) is 104 cm³/mol. The molecule has 3 N–H and O–H groups in total. The van der Waals surface area contributed by atoms with Gasteiger partial charge in [-0.05, 0) is 51.0 Å². The van der Waals surface area contributed by atoms with Crippen molar-refractivity contribution in [1.82, 2.24) is 14.9 Å². The van der Waals surface area contributed by atoms with E-state index in [2.05, 4.69) is 58.2 Å². The van der Waals surface area contributed by atoms with Crippen molar-refractivity contribution in [3.63, 3.8) is 0 Å². The van der Waals surface area contributed by atoms with E-state index in [0.717, 1.165) is 43.9 Å². The molecule has 0 atom stereocenters. The highest BCUT2D eigenvalue weighted by Crippen LogP contribution is 2.31. The highest BCUT2D eigenvalue weighted by molar-refractivity contribution is 5.79. The monoisotopic (exact) mass is 340 g/mol. The molecule has 2 aromatic rings. The van der Waals surface area contributed by atoms with Crippen LogP contribution in [0.4, 0.5) is 23.0 Å². The molecule has 1 aromatic carbocycles. The summed E-state index contributed by atoms with van der Waals surface area (Å²) in [5, 5.41) is 3.39. The predicted octanol–water partition coefficient (Wildman–Crippen LogP) is 2.90. The minimum Gasteiger partial charge on any atom is -0.393 e. The van der Waals surface area contributed by atoms with Crippen LogP contribution in [0.1, 0.15) is 25.3 Å². The highest BCUT2D eigenvalue weighted by Gasteiger charge is 2.24. The van der Waals surface area contributed by atoms with Crippen molar-refractivity contribution in [3.05, 3.63) is 36.2 Å². The van der Waals surface area contributed by atoms with Gasteiger partial charge in [-0.15, -0.1) is 0 Å². The molecule has 0 bridgehead atoms. The lowest BCUT2D eigenvalue weighted by Gasteiger charge is -2.36. The van der Waals surface area contributed by atoms with Gasteiger partial charge in [-0.25, -0.2) is 9.97 Å². The number of piperidine rings is 1. The fourth-order valence-corrected chi connectivity index (χ4v) is 3.40. The Morgan fingerprint density at radius 3 is 2.68 bits per heavy atom. The fraction of sp³-hybridized carbons (Fsp3) is 0.474. The van der Waals surface area contributed by atoms with E-state index in [1.807, 2.05) is 12.1 Å². The molecule has 25 heavy (non-hydrogen) atoms. The van der Waals surface area contributed by atoms with Crippen LogP contribution in [0, 0.1) is 0 Å². The van der Waals surface area contributed by atoms with Crippen LogP contribution in [0.15, 0.2) is 30.6 Å². The minimum absolute atomic E-state index is 0.462. The first-order valence-electron chi connectivity index (χ1n) is 8.97. The van der Waals surface area contributed by atoms with E-state index < -0.39 is 0 Å². The Bertz CT molecular complexity index is 709. The first kappa shape index (κ1) is 17.5. The van der Waals surface area contributed by atoms with E-state index in [1.165, 1.54) is 5.56 Å². The van der Waals surface area contributed by atoms with Gasteiger partial charge in [0.25, 0.3) is 0 Å². The van der Waals surface area contributed by atoms with Crippen molar-refractivity contribution in [2.75, 3.05) is 43.1 Å². The molecular formula is C19H28N6. The number of likely N-dealkylation sites (tertiary alicyclic amines) is 1. The lowest BCUT2D eigenvalue weighted by Crippen LogP contribution is -2.42. The molecule has 0 amide bonds. The number of anilines is 4. The largest absolute Gasteiger partial charge is 0.393 e. The molecule has 1 saturated heterocycles. The van der Waals surface area contributed by atoms with Crippen LogP contribution in [0.2, 0.25) is 0 Å². The van der Waals surface area contributed by atoms with Gasteiger partial charge in [0.1, 0.15) is 12.0 Å². The van der Waals surface area contributed by atoms with Gasteiger partial charge < -0.3 is 20.9 Å². The fourth-order valence-electron chi connectivity index (χ4n) is 3.40. The minimum atomic E-state index is 0.462. The lowest BCUT2D eigenvalue weighted by atomic mass is 10.0. The summed E-state index contributed by atoms with van der Waals surface area (Å²) in [6.45, 7) is 4.35. The zero-order valence-corrected chi connectivity index (χ0v) is 15.4. The van der Waals surface area contributed by atoms with Crippen molar-refractivity contribution < 1.29 is 0 Å². The molecule has 0 unspecified atom stereocenters. The number of aromatic nitrogens is 2. The first-order valence-corrected chi connectivity index (χ1v) is 8.97. The third-order valence-electron chi connectivity index (χ3n) is 5.08. The maximum Gasteiger partial charge on any atom is 0.159 e. The Kier molecular flexibility index (Phi) is 5.38. The van der Waals surface area contributed by atoms with Gasteiger partial charge in [-0.2, -0.15) is 0 Å². The number of benzene rings is 1. The van der Waals surface area contributed by atoms with Crippen molar-refractivity contribution in [1.29, 1.82) is 0 Å². The number of aryl methyl sites for hydroxylation is 1. The van der Waals surface area contributed by atoms with Crippen LogP contribution in [0.25, 0.3) is 0 Å². The topological polar surface area (TPSA) is 70.3 Å². The van der Waals surface area contributed by atoms with Crippen molar-refractivity contribution >= 4 is 23.0 Å². The molecule has 0 aliphatic carbocycles. The summed E-state index contributed by atoms with van der Waals surface area (Å²) in [4.78, 5) is 13.4. The highest BCUT2D eigenvalue weighted by atomic mass is 15.2. The Morgan fingerprint density at radius 1 is 1.24 bits per heavy atom. The van der Waals surface area contributed by atoms with E-state index in [0.29, 0.717) is 17.5 Å². The second kappa shape index (κ2) is 7.70. The molecule has 1 aromatic heterocycles. The number of nitrogens with zero attached hydrogens (tertiary/aromatic N) is 4. The third kappa shape index (κ3) is 3.85. The van der Waals surface area contributed by atoms with Crippen molar-refractivity contribution in [2.24, 2.45) is 0 Å². The SMILES string of the molecule is CCc1ccccc1Nc1ncnc(N(C)C2CCN(C)CC2)c1N. The molecule has 0 saturated carbocycles. The van der Waals surface area contributed by atoms with Crippen molar-refractivity contribution in [3.8, 4) is 0 Å². The van der Waals surface area contributed by atoms with E-state index >= 15 is 0 Å². The summed E-state index contributed by atoms with van der Waals surface area (Å²) in [6.07, 6.45) is 4.79. The number of hydrogen-bond acceptors (Lipinski definition) is 6. The average Bonchev–Trinajstić information content (AvgIpc) is 2.64. The van der Waals surface area contributed by atoms with E-state index in [1.54, 1.807) is 6.33 Å². The molecule has 1 aliphatic heterocycles. The quantitative estimate of drug-likeness (QED) is 0.872. The normalized spacial score (nSPS) is 16.0. The van der Waals surface area contributed by atoms with Crippen LogP contribution in [0.5, 0.6) is 0 Å². The number of nitrogens with two attached hydrogens (primary N) is 1. The van der Waals surface area contributed by atoms with E-state index in [4.69, 9.17) is 5.73 Å². The summed E-state index contributed by atoms with van der Waals surface area (Å²) in [6, 6.07) is 8.70. The standard InChI is InChI=1S/C19H28N6/c1-4-14-7-5-6-8-16(14)23-18-17(20)19(22-13-21-18)25(3)15-9-11-24(2)12-10-15/h5-8,13,15H,4,9-12,20H2,1-3H3,(H,21,22,23). The zero-order valence-electron chi connectivity index (χ0n) is 15.4. The smallest absolute Gasteiger partial charge is 0.159 e. The first-order chi connectivity index (χ1) is 12.1. The number of hydrogen-bond donors (Lipinski definition) is 2. The average molecular weight is 340 g/mol. The van der Waals surface area contributed by atoms with Gasteiger partial charge in [0, 0.05) is 18.8 Å². The van der Waals surface area contributed by atoms with Gasteiger partial charge in [-0.3, -0.25) is 0 Å². The molecule has 0 spiro atoms. The van der Waals surface area contributed by atoms with Crippen LogP contribution in [-0.2, 0) is 6.42 Å². The third-order valence-corrected chi connectivity index (χ3v) is 5.08. The number of nitrogen functional groups attached to an aromatic ring is 1. The van der Waals surface area contributed by atoms with Gasteiger partial charge in [-0.1, -0.05) is 25.1 Å². The van der Waals surface area contributed by atoms with E-state index in [9.17, 15) is 0 Å². The number of rotatable bonds is 5. The molecule has 6 heteroatoms. The molecule has 1 fully saturated rings. The number of nitrogens with one attached hydrogen (secondary N) is 1. The molecule has 2 heterocycles. The summed E-state index contributed by atoms with van der Waals surface area (Å²) in [7, 11) is 4.25. The summed E-state index contributed by atoms with van der Waals surface area (Å²) in [5.74, 6) is 1.48. The molecule has 6 nitrogen and oxygen atoms in total. The second-order valence-electron chi connectivity index (χ2n) is 6.74. The van der Waals surface area contributed by atoms with Gasteiger partial charge in [0.2, 0.25) is 0 Å². The molecule has 134 valence electrons. The van der Waals surface area contributed by atoms with Gasteiger partial charge >= 0.3 is 0 Å². The molecule has 3 rings (SSSR count). The lowest BCUT2D eigenvalue weighted by molar-refractivity contribution is 0.252. The molecule has 1 aliphatic rings. The maximum atomic E-state index is 6.42. The van der Waals surface area contributed by atoms with Gasteiger partial charge in [0.15, 0.2) is 11.6 Å². The Hall–Kier alpha value is -2.34. The Morgan fingerprint density at radius 2 is 1.96 bits per heavy atom. The maximum absolute atomic E-state index is 6.42. The Balaban J connectivity index is 1.82. The second-order valence-corrected chi connectivity index (χ2v) is 6.74. The van der Waals surface area contributed by atoms with Crippen LogP contribution in [0.3, 0.4) is 0 Å². The summed E-state index contributed by atoms with van der Waals surface area (Å²) >= 11 is 0. The summed E-state index contributed by atoms with van der Waals surface area (Å²) in [5.41, 5.74) is 9.31. The van der Waals surface area contributed by atoms with Crippen LogP contribution in [-0.4, -0.2) is 48.1 Å². The molecular weight excluding hydrogens is 312 g/mol. The zero-order chi connectivity index (χ0) is 17.8. The van der Waals surface area contributed by atoms with Crippen molar-refractivity contribution in [2.45, 2.75) is 32.2 Å². The van der Waals surface area contributed by atoms with E-state index in [-0.39, 0.29) is 0 Å². The number of para-hydroxylation sites is 1. The van der Waals surface area contributed by atoms with Gasteiger partial charge in [0.05, 0.1) is 0 Å². The van der Waals surface area contributed by atoms with Crippen LogP contribution < -0.4 is 16.0 Å². The molecule has 0 radical (unpaired) electrons.